The van der Waals surface area contributed by atoms with Gasteiger partial charge in [0.25, 0.3) is 10.0 Å². The molecule has 0 aromatic heterocycles. The second kappa shape index (κ2) is 9.86. The van der Waals surface area contributed by atoms with Crippen molar-refractivity contribution in [2.75, 3.05) is 30.9 Å². The Morgan fingerprint density at radius 3 is 2.39 bits per heavy atom. The van der Waals surface area contributed by atoms with Crippen molar-refractivity contribution in [2.24, 2.45) is 0 Å². The van der Waals surface area contributed by atoms with Crippen LogP contribution >= 0.6 is 12.4 Å². The first-order valence-corrected chi connectivity index (χ1v) is 10.3. The average Bonchev–Trinajstić information content (AvgIpc) is 2.93. The second-order valence-electron chi connectivity index (χ2n) is 6.42. The molecule has 2 N–H and O–H groups in total. The third-order valence-electron chi connectivity index (χ3n) is 4.38. The van der Waals surface area contributed by atoms with Crippen LogP contribution in [0.2, 0.25) is 0 Å². The zero-order chi connectivity index (χ0) is 19.3. The van der Waals surface area contributed by atoms with E-state index < -0.39 is 15.8 Å². The highest BCUT2D eigenvalue weighted by Crippen LogP contribution is 2.17. The van der Waals surface area contributed by atoms with E-state index in [9.17, 15) is 17.6 Å². The molecule has 2 aromatic rings. The molecule has 2 aromatic carbocycles. The molecule has 0 aliphatic carbocycles. The van der Waals surface area contributed by atoms with Gasteiger partial charge >= 0.3 is 0 Å². The molecule has 0 atom stereocenters. The van der Waals surface area contributed by atoms with Gasteiger partial charge in [-0.15, -0.1) is 12.4 Å². The van der Waals surface area contributed by atoms with Crippen LogP contribution in [-0.4, -0.2) is 45.4 Å². The number of halogens is 2. The quantitative estimate of drug-likeness (QED) is 0.768. The lowest BCUT2D eigenvalue weighted by Gasteiger charge is -2.20. The number of anilines is 1. The second-order valence-corrected chi connectivity index (χ2v) is 8.10. The van der Waals surface area contributed by atoms with E-state index in [1.807, 2.05) is 4.90 Å². The van der Waals surface area contributed by atoms with Crippen molar-refractivity contribution in [1.29, 1.82) is 0 Å². The predicted octanol–water partition coefficient (Wildman–Crippen LogP) is 2.41. The molecule has 1 saturated heterocycles. The van der Waals surface area contributed by atoms with E-state index >= 15 is 0 Å². The summed E-state index contributed by atoms with van der Waals surface area (Å²) >= 11 is 0. The van der Waals surface area contributed by atoms with Crippen LogP contribution in [0.25, 0.3) is 0 Å². The Bertz CT molecular complexity index is 882. The van der Waals surface area contributed by atoms with Crippen molar-refractivity contribution in [3.63, 3.8) is 0 Å². The van der Waals surface area contributed by atoms with Gasteiger partial charge in [-0.2, -0.15) is 0 Å². The number of rotatable bonds is 5. The largest absolute Gasteiger partial charge is 0.341 e. The molecule has 28 heavy (non-hydrogen) atoms. The Balaban J connectivity index is 0.00000280. The third kappa shape index (κ3) is 5.92. The topological polar surface area (TPSA) is 78.5 Å². The van der Waals surface area contributed by atoms with Crippen molar-refractivity contribution in [2.45, 2.75) is 17.7 Å². The van der Waals surface area contributed by atoms with Gasteiger partial charge in [0.2, 0.25) is 5.91 Å². The van der Waals surface area contributed by atoms with E-state index in [0.717, 1.165) is 43.8 Å². The summed E-state index contributed by atoms with van der Waals surface area (Å²) in [7, 11) is -3.79. The first-order valence-electron chi connectivity index (χ1n) is 8.80. The van der Waals surface area contributed by atoms with E-state index in [-0.39, 0.29) is 29.6 Å². The predicted molar refractivity (Wildman–Crippen MR) is 109 cm³/mol. The van der Waals surface area contributed by atoms with Gasteiger partial charge in [0, 0.05) is 25.3 Å². The Labute approximate surface area is 170 Å². The summed E-state index contributed by atoms with van der Waals surface area (Å²) < 4.78 is 40.0. The molecule has 0 saturated carbocycles. The van der Waals surface area contributed by atoms with Crippen molar-refractivity contribution in [3.8, 4) is 0 Å². The van der Waals surface area contributed by atoms with Gasteiger partial charge in [0.15, 0.2) is 0 Å². The van der Waals surface area contributed by atoms with E-state index in [1.54, 1.807) is 24.3 Å². The molecular weight excluding hydrogens is 405 g/mol. The van der Waals surface area contributed by atoms with Crippen molar-refractivity contribution >= 4 is 34.0 Å². The molecule has 1 fully saturated rings. The number of hydrogen-bond acceptors (Lipinski definition) is 4. The summed E-state index contributed by atoms with van der Waals surface area (Å²) in [5.41, 5.74) is 1.21. The molecule has 1 aliphatic rings. The first-order chi connectivity index (χ1) is 12.9. The summed E-state index contributed by atoms with van der Waals surface area (Å²) in [5.74, 6) is -0.429. The highest BCUT2D eigenvalue weighted by atomic mass is 35.5. The number of nitrogens with zero attached hydrogens (tertiary/aromatic N) is 1. The fourth-order valence-electron chi connectivity index (χ4n) is 2.90. The molecule has 0 spiro atoms. The minimum absolute atomic E-state index is 0. The van der Waals surface area contributed by atoms with Gasteiger partial charge in [0.1, 0.15) is 5.82 Å². The van der Waals surface area contributed by atoms with E-state index in [2.05, 4.69) is 10.0 Å². The van der Waals surface area contributed by atoms with Gasteiger partial charge < -0.3 is 10.2 Å². The Morgan fingerprint density at radius 2 is 1.71 bits per heavy atom. The molecule has 0 radical (unpaired) electrons. The molecule has 0 unspecified atom stereocenters. The normalized spacial score (nSPS) is 14.7. The van der Waals surface area contributed by atoms with Gasteiger partial charge in [-0.05, 0) is 54.9 Å². The lowest BCUT2D eigenvalue weighted by atomic mass is 10.1. The minimum atomic E-state index is -3.79. The monoisotopic (exact) mass is 427 g/mol. The van der Waals surface area contributed by atoms with Gasteiger partial charge in [-0.1, -0.05) is 12.1 Å². The van der Waals surface area contributed by atoms with Crippen LogP contribution in [0.4, 0.5) is 10.1 Å². The molecular formula is C19H23ClFN3O3S. The van der Waals surface area contributed by atoms with Crippen LogP contribution in [0.3, 0.4) is 0 Å². The Morgan fingerprint density at radius 1 is 1.04 bits per heavy atom. The van der Waals surface area contributed by atoms with Crippen LogP contribution in [0.1, 0.15) is 12.0 Å². The maximum atomic E-state index is 13.0. The smallest absolute Gasteiger partial charge is 0.261 e. The number of carbonyl (C=O) groups excluding carboxylic acids is 1. The van der Waals surface area contributed by atoms with Crippen LogP contribution in [0, 0.1) is 5.82 Å². The lowest BCUT2D eigenvalue weighted by Crippen LogP contribution is -2.35. The van der Waals surface area contributed by atoms with Crippen molar-refractivity contribution in [3.05, 3.63) is 59.9 Å². The number of sulfonamides is 1. The molecule has 3 rings (SSSR count). The van der Waals surface area contributed by atoms with Gasteiger partial charge in [-0.3, -0.25) is 9.52 Å². The number of carbonyl (C=O) groups is 1. The van der Waals surface area contributed by atoms with Crippen LogP contribution in [0.15, 0.2) is 53.4 Å². The maximum Gasteiger partial charge on any atom is 0.261 e. The number of nitrogens with one attached hydrogen (secondary N) is 2. The molecule has 6 nitrogen and oxygen atoms in total. The van der Waals surface area contributed by atoms with E-state index in [4.69, 9.17) is 0 Å². The first kappa shape index (κ1) is 22.1. The summed E-state index contributed by atoms with van der Waals surface area (Å²) in [5, 5.41) is 3.26. The summed E-state index contributed by atoms with van der Waals surface area (Å²) in [6.45, 7) is 3.18. The van der Waals surface area contributed by atoms with Gasteiger partial charge in [0.05, 0.1) is 11.3 Å². The van der Waals surface area contributed by atoms with Crippen LogP contribution in [-0.2, 0) is 21.2 Å². The Kier molecular flexibility index (Phi) is 7.79. The fourth-order valence-corrected chi connectivity index (χ4v) is 3.96. The third-order valence-corrected chi connectivity index (χ3v) is 5.78. The summed E-state index contributed by atoms with van der Waals surface area (Å²) in [6.07, 6.45) is 1.22. The van der Waals surface area contributed by atoms with E-state index in [0.29, 0.717) is 12.2 Å². The molecule has 0 bridgehead atoms. The Hall–Kier alpha value is -2.16. The molecule has 1 amide bonds. The summed E-state index contributed by atoms with van der Waals surface area (Å²) in [6, 6.07) is 11.3. The lowest BCUT2D eigenvalue weighted by molar-refractivity contribution is -0.130. The fraction of sp³-hybridized carbons (Fsp3) is 0.316. The highest BCUT2D eigenvalue weighted by molar-refractivity contribution is 7.92. The molecule has 9 heteroatoms. The summed E-state index contributed by atoms with van der Waals surface area (Å²) in [4.78, 5) is 14.2. The standard InChI is InChI=1S/C19H22FN3O3S.ClH/c20-16-4-8-18(9-5-16)27(25,26)22-17-6-2-15(3-7-17)14-19(24)23-12-1-10-21-11-13-23;/h2-9,21-22H,1,10-14H2;1H. The van der Waals surface area contributed by atoms with E-state index in [1.165, 1.54) is 12.1 Å². The van der Waals surface area contributed by atoms with Crippen molar-refractivity contribution in [1.82, 2.24) is 10.2 Å². The molecule has 1 aliphatic heterocycles. The van der Waals surface area contributed by atoms with Crippen molar-refractivity contribution < 1.29 is 17.6 Å². The zero-order valence-electron chi connectivity index (χ0n) is 15.2. The number of amides is 1. The molecule has 152 valence electrons. The van der Waals surface area contributed by atoms with Crippen LogP contribution in [0.5, 0.6) is 0 Å². The average molecular weight is 428 g/mol. The molecule has 1 heterocycles. The zero-order valence-corrected chi connectivity index (χ0v) is 16.9. The highest BCUT2D eigenvalue weighted by Gasteiger charge is 2.16. The number of hydrogen-bond donors (Lipinski definition) is 2. The number of benzene rings is 2. The van der Waals surface area contributed by atoms with Gasteiger partial charge in [-0.25, -0.2) is 12.8 Å². The SMILES string of the molecule is Cl.O=C(Cc1ccc(NS(=O)(=O)c2ccc(F)cc2)cc1)N1CCCNCC1. The maximum absolute atomic E-state index is 13.0. The van der Waals surface area contributed by atoms with Crippen LogP contribution < -0.4 is 10.0 Å². The minimum Gasteiger partial charge on any atom is -0.341 e.